The minimum Gasteiger partial charge on any atom is -0.370 e. The number of benzene rings is 1. The molecule has 3 N–H and O–H groups in total. The maximum atomic E-state index is 5.83. The van der Waals surface area contributed by atoms with Crippen LogP contribution in [0.1, 0.15) is 13.8 Å². The van der Waals surface area contributed by atoms with Crippen LogP contribution in [0.25, 0.3) is 0 Å². The van der Waals surface area contributed by atoms with Gasteiger partial charge in [0.05, 0.1) is 6.54 Å². The first kappa shape index (κ1) is 17.2. The molecule has 4 nitrogen and oxygen atoms in total. The van der Waals surface area contributed by atoms with E-state index >= 15 is 0 Å². The molecule has 102 valence electrons. The predicted molar refractivity (Wildman–Crippen MR) is 89.7 cm³/mol. The molecule has 0 amide bonds. The molecular weight excluding hydrogens is 339 g/mol. The second-order valence-corrected chi connectivity index (χ2v) is 4.90. The molecule has 1 rings (SSSR count). The van der Waals surface area contributed by atoms with E-state index in [1.165, 1.54) is 0 Å². The maximum absolute atomic E-state index is 5.83. The van der Waals surface area contributed by atoms with Crippen LogP contribution < -0.4 is 11.1 Å². The summed E-state index contributed by atoms with van der Waals surface area (Å²) in [6, 6.07) is 9.80. The molecule has 0 heterocycles. The van der Waals surface area contributed by atoms with Crippen molar-refractivity contribution < 1.29 is 0 Å². The molecule has 5 heteroatoms. The molecule has 0 aliphatic heterocycles. The van der Waals surface area contributed by atoms with Crippen LogP contribution in [0.2, 0.25) is 0 Å². The summed E-state index contributed by atoms with van der Waals surface area (Å²) in [6.07, 6.45) is 0. The molecular formula is C13H23IN4. The van der Waals surface area contributed by atoms with Gasteiger partial charge in [-0.15, -0.1) is 24.0 Å². The Morgan fingerprint density at radius 3 is 2.33 bits per heavy atom. The van der Waals surface area contributed by atoms with Gasteiger partial charge < -0.3 is 16.0 Å². The van der Waals surface area contributed by atoms with Gasteiger partial charge >= 0.3 is 0 Å². The fraction of sp³-hybridized carbons (Fsp3) is 0.462. The zero-order chi connectivity index (χ0) is 12.9. The van der Waals surface area contributed by atoms with Crippen LogP contribution in [0.4, 0.5) is 5.69 Å². The van der Waals surface area contributed by atoms with Crippen molar-refractivity contribution in [2.75, 3.05) is 26.0 Å². The lowest BCUT2D eigenvalue weighted by Crippen LogP contribution is -2.41. The van der Waals surface area contributed by atoms with Crippen molar-refractivity contribution in [2.24, 2.45) is 10.7 Å². The number of hydrogen-bond donors (Lipinski definition) is 2. The summed E-state index contributed by atoms with van der Waals surface area (Å²) in [4.78, 5) is 6.49. The lowest BCUT2D eigenvalue weighted by Gasteiger charge is -2.30. The highest BCUT2D eigenvalue weighted by molar-refractivity contribution is 14.0. The molecule has 1 aromatic rings. The summed E-state index contributed by atoms with van der Waals surface area (Å²) < 4.78 is 0. The molecule has 0 radical (unpaired) electrons. The summed E-state index contributed by atoms with van der Waals surface area (Å²) in [6.45, 7) is 4.92. The van der Waals surface area contributed by atoms with Gasteiger partial charge in [0.1, 0.15) is 0 Å². The topological polar surface area (TPSA) is 53.6 Å². The fourth-order valence-corrected chi connectivity index (χ4v) is 1.13. The standard InChI is InChI=1S/C13H22N4.HI/c1-13(2,17(3)4)10-15-12(14)16-11-8-6-5-7-9-11;/h5-9H,10H2,1-4H3,(H3,14,15,16);1H. The average Bonchev–Trinajstić information content (AvgIpc) is 2.28. The van der Waals surface area contributed by atoms with E-state index in [1.54, 1.807) is 0 Å². The molecule has 0 bridgehead atoms. The molecule has 1 aromatic carbocycles. The zero-order valence-corrected chi connectivity index (χ0v) is 13.8. The lowest BCUT2D eigenvalue weighted by molar-refractivity contribution is 0.205. The molecule has 0 spiro atoms. The third-order valence-corrected chi connectivity index (χ3v) is 2.89. The van der Waals surface area contributed by atoms with Crippen LogP contribution in [-0.4, -0.2) is 37.0 Å². The lowest BCUT2D eigenvalue weighted by atomic mass is 10.1. The van der Waals surface area contributed by atoms with Gasteiger partial charge in [0.15, 0.2) is 5.96 Å². The van der Waals surface area contributed by atoms with Crippen molar-refractivity contribution >= 4 is 35.6 Å². The van der Waals surface area contributed by atoms with Crippen LogP contribution >= 0.6 is 24.0 Å². The first-order valence-electron chi connectivity index (χ1n) is 5.71. The van der Waals surface area contributed by atoms with Crippen molar-refractivity contribution in [1.29, 1.82) is 0 Å². The number of aliphatic imine (C=N–C) groups is 1. The van der Waals surface area contributed by atoms with Crippen molar-refractivity contribution in [3.05, 3.63) is 30.3 Å². The first-order chi connectivity index (χ1) is 7.92. The number of halogens is 1. The number of nitrogens with two attached hydrogens (primary N) is 1. The van der Waals surface area contributed by atoms with Crippen molar-refractivity contribution in [3.8, 4) is 0 Å². The van der Waals surface area contributed by atoms with Gasteiger partial charge in [-0.1, -0.05) is 18.2 Å². The molecule has 0 saturated heterocycles. The van der Waals surface area contributed by atoms with E-state index in [0.717, 1.165) is 5.69 Å². The number of rotatable bonds is 4. The quantitative estimate of drug-likeness (QED) is 0.491. The number of likely N-dealkylation sites (N-methyl/N-ethyl adjacent to an activating group) is 1. The number of guanidine groups is 1. The summed E-state index contributed by atoms with van der Waals surface area (Å²) in [5.41, 5.74) is 6.79. The largest absolute Gasteiger partial charge is 0.370 e. The van der Waals surface area contributed by atoms with Gasteiger partial charge in [-0.05, 0) is 40.1 Å². The summed E-state index contributed by atoms with van der Waals surface area (Å²) in [5.74, 6) is 0.450. The number of para-hydroxylation sites is 1. The third kappa shape index (κ3) is 5.68. The summed E-state index contributed by atoms with van der Waals surface area (Å²) in [5, 5.41) is 3.06. The molecule has 0 unspecified atom stereocenters. The highest BCUT2D eigenvalue weighted by Gasteiger charge is 2.19. The second kappa shape index (κ2) is 7.58. The van der Waals surface area contributed by atoms with Crippen LogP contribution in [0, 0.1) is 0 Å². The zero-order valence-electron chi connectivity index (χ0n) is 11.5. The van der Waals surface area contributed by atoms with E-state index in [2.05, 4.69) is 29.1 Å². The Hall–Kier alpha value is -0.820. The Labute approximate surface area is 127 Å². The van der Waals surface area contributed by atoms with E-state index in [1.807, 2.05) is 44.4 Å². The van der Waals surface area contributed by atoms with Crippen molar-refractivity contribution in [1.82, 2.24) is 4.90 Å². The average molecular weight is 362 g/mol. The van der Waals surface area contributed by atoms with E-state index in [4.69, 9.17) is 5.73 Å². The molecule has 0 aliphatic carbocycles. The van der Waals surface area contributed by atoms with Gasteiger partial charge in [-0.2, -0.15) is 0 Å². The fourth-order valence-electron chi connectivity index (χ4n) is 1.13. The Balaban J connectivity index is 0.00000289. The molecule has 0 fully saturated rings. The SMILES string of the molecule is CN(C)C(C)(C)CN=C(N)Nc1ccccc1.I. The van der Waals surface area contributed by atoms with E-state index in [-0.39, 0.29) is 29.5 Å². The van der Waals surface area contributed by atoms with Crippen molar-refractivity contribution in [3.63, 3.8) is 0 Å². The Morgan fingerprint density at radius 1 is 1.28 bits per heavy atom. The predicted octanol–water partition coefficient (Wildman–Crippen LogP) is 2.37. The van der Waals surface area contributed by atoms with Gasteiger partial charge in [0, 0.05) is 11.2 Å². The molecule has 18 heavy (non-hydrogen) atoms. The smallest absolute Gasteiger partial charge is 0.193 e. The van der Waals surface area contributed by atoms with Crippen molar-refractivity contribution in [2.45, 2.75) is 19.4 Å². The monoisotopic (exact) mass is 362 g/mol. The minimum atomic E-state index is 0. The highest BCUT2D eigenvalue weighted by Crippen LogP contribution is 2.10. The Kier molecular flexibility index (Phi) is 7.23. The number of anilines is 1. The third-order valence-electron chi connectivity index (χ3n) is 2.89. The van der Waals surface area contributed by atoms with Crippen LogP contribution in [0.5, 0.6) is 0 Å². The van der Waals surface area contributed by atoms with Gasteiger partial charge in [-0.25, -0.2) is 0 Å². The normalized spacial score (nSPS) is 12.2. The molecule has 0 saturated carbocycles. The van der Waals surface area contributed by atoms with Gasteiger partial charge in [0.25, 0.3) is 0 Å². The van der Waals surface area contributed by atoms with Crippen LogP contribution in [0.3, 0.4) is 0 Å². The van der Waals surface area contributed by atoms with E-state index in [0.29, 0.717) is 12.5 Å². The number of nitrogens with zero attached hydrogens (tertiary/aromatic N) is 2. The summed E-state index contributed by atoms with van der Waals surface area (Å²) >= 11 is 0. The van der Waals surface area contributed by atoms with Gasteiger partial charge in [-0.3, -0.25) is 4.99 Å². The first-order valence-corrected chi connectivity index (χ1v) is 5.71. The molecule has 0 aliphatic rings. The Morgan fingerprint density at radius 2 is 1.83 bits per heavy atom. The molecule has 0 aromatic heterocycles. The summed E-state index contributed by atoms with van der Waals surface area (Å²) in [7, 11) is 4.08. The molecule has 0 atom stereocenters. The van der Waals surface area contributed by atoms with Crippen LogP contribution in [-0.2, 0) is 0 Å². The highest BCUT2D eigenvalue weighted by atomic mass is 127. The van der Waals surface area contributed by atoms with E-state index < -0.39 is 0 Å². The van der Waals surface area contributed by atoms with E-state index in [9.17, 15) is 0 Å². The van der Waals surface area contributed by atoms with Crippen LogP contribution in [0.15, 0.2) is 35.3 Å². The number of hydrogen-bond acceptors (Lipinski definition) is 2. The second-order valence-electron chi connectivity index (χ2n) is 4.90. The number of nitrogens with one attached hydrogen (secondary N) is 1. The van der Waals surface area contributed by atoms with Gasteiger partial charge in [0.2, 0.25) is 0 Å². The Bertz CT molecular complexity index is 374. The minimum absolute atomic E-state index is 0. The maximum Gasteiger partial charge on any atom is 0.193 e.